The van der Waals surface area contributed by atoms with Crippen molar-refractivity contribution in [1.82, 2.24) is 14.5 Å². The summed E-state index contributed by atoms with van der Waals surface area (Å²) in [5.74, 6) is 0.861. The second kappa shape index (κ2) is 7.97. The molecule has 0 atom stereocenters. The summed E-state index contributed by atoms with van der Waals surface area (Å²) in [6.45, 7) is 5.71. The lowest BCUT2D eigenvalue weighted by Crippen LogP contribution is -2.36. The molecule has 3 aromatic rings. The topological polar surface area (TPSA) is 54.7 Å². The molecule has 5 rings (SSSR count). The number of aromatic nitrogens is 2. The Kier molecular flexibility index (Phi) is 5.04. The molecule has 0 bridgehead atoms. The lowest BCUT2D eigenvalue weighted by Gasteiger charge is -2.26. The van der Waals surface area contributed by atoms with Crippen molar-refractivity contribution >= 4 is 22.4 Å². The van der Waals surface area contributed by atoms with E-state index in [4.69, 9.17) is 4.74 Å². The zero-order valence-corrected chi connectivity index (χ0v) is 16.9. The van der Waals surface area contributed by atoms with Crippen LogP contribution in [0.3, 0.4) is 0 Å². The van der Waals surface area contributed by atoms with Crippen molar-refractivity contribution < 1.29 is 4.74 Å². The number of anilines is 1. The summed E-state index contributed by atoms with van der Waals surface area (Å²) >= 11 is 0. The lowest BCUT2D eigenvalue weighted by atomic mass is 10.1. The number of benzene rings is 1. The van der Waals surface area contributed by atoms with Gasteiger partial charge in [-0.3, -0.25) is 14.9 Å². The van der Waals surface area contributed by atoms with Crippen LogP contribution in [0.1, 0.15) is 23.2 Å². The number of fused-ring (bicyclic) bond motifs is 2. The summed E-state index contributed by atoms with van der Waals surface area (Å²) in [7, 11) is 2.13. The minimum Gasteiger partial charge on any atom is -0.379 e. The Morgan fingerprint density at radius 2 is 2.07 bits per heavy atom. The first-order chi connectivity index (χ1) is 14.3. The molecule has 1 saturated heterocycles. The van der Waals surface area contributed by atoms with Crippen LogP contribution >= 0.6 is 0 Å². The first-order valence-electron chi connectivity index (χ1n) is 10.4. The highest BCUT2D eigenvalue weighted by Crippen LogP contribution is 2.26. The van der Waals surface area contributed by atoms with Crippen molar-refractivity contribution in [2.45, 2.75) is 19.4 Å². The van der Waals surface area contributed by atoms with Gasteiger partial charge in [0, 0.05) is 49.2 Å². The SMILES string of the molecule is Cn1cc(CCCN2CCOCC2)c2ccc(NC3=NCc4cccnc43)cc21. The summed E-state index contributed by atoms with van der Waals surface area (Å²) in [5, 5.41) is 4.81. The number of ether oxygens (including phenoxy) is 1. The number of morpholine rings is 1. The number of hydrogen-bond donors (Lipinski definition) is 1. The summed E-state index contributed by atoms with van der Waals surface area (Å²) in [4.78, 5) is 11.6. The number of amidine groups is 1. The average molecular weight is 390 g/mol. The van der Waals surface area contributed by atoms with Gasteiger partial charge in [-0.2, -0.15) is 0 Å². The van der Waals surface area contributed by atoms with Gasteiger partial charge < -0.3 is 14.6 Å². The normalized spacial score (nSPS) is 16.8. The van der Waals surface area contributed by atoms with E-state index in [-0.39, 0.29) is 0 Å². The van der Waals surface area contributed by atoms with E-state index in [0.717, 1.165) is 56.5 Å². The lowest BCUT2D eigenvalue weighted by molar-refractivity contribution is 0.0375. The van der Waals surface area contributed by atoms with Gasteiger partial charge in [-0.1, -0.05) is 12.1 Å². The van der Waals surface area contributed by atoms with Crippen molar-refractivity contribution in [2.24, 2.45) is 12.0 Å². The minimum absolute atomic E-state index is 0.700. The zero-order valence-electron chi connectivity index (χ0n) is 16.9. The zero-order chi connectivity index (χ0) is 19.6. The molecule has 29 heavy (non-hydrogen) atoms. The van der Waals surface area contributed by atoms with E-state index in [1.807, 2.05) is 12.3 Å². The Labute approximate surface area is 171 Å². The number of aryl methyl sites for hydroxylation is 2. The molecule has 1 fully saturated rings. The van der Waals surface area contributed by atoms with Crippen molar-refractivity contribution in [3.05, 3.63) is 59.5 Å². The fraction of sp³-hybridized carbons (Fsp3) is 0.391. The van der Waals surface area contributed by atoms with E-state index in [9.17, 15) is 0 Å². The van der Waals surface area contributed by atoms with Gasteiger partial charge >= 0.3 is 0 Å². The van der Waals surface area contributed by atoms with Crippen LogP contribution in [0.2, 0.25) is 0 Å². The summed E-state index contributed by atoms with van der Waals surface area (Å²) < 4.78 is 7.67. The molecular formula is C23H27N5O. The number of rotatable bonds is 5. The number of nitrogens with zero attached hydrogens (tertiary/aromatic N) is 4. The Hall–Kier alpha value is -2.70. The Bertz CT molecular complexity index is 1050. The third-order valence-corrected chi connectivity index (χ3v) is 5.88. The van der Waals surface area contributed by atoms with E-state index in [2.05, 4.69) is 62.3 Å². The summed E-state index contributed by atoms with van der Waals surface area (Å²) in [6, 6.07) is 10.6. The van der Waals surface area contributed by atoms with Crippen LogP contribution in [0.25, 0.3) is 10.9 Å². The predicted octanol–water partition coefficient (Wildman–Crippen LogP) is 3.21. The number of hydrogen-bond acceptors (Lipinski definition) is 5. The minimum atomic E-state index is 0.700. The molecule has 2 aromatic heterocycles. The van der Waals surface area contributed by atoms with Gasteiger partial charge in [-0.15, -0.1) is 0 Å². The van der Waals surface area contributed by atoms with Crippen molar-refractivity contribution in [1.29, 1.82) is 0 Å². The van der Waals surface area contributed by atoms with Gasteiger partial charge in [-0.25, -0.2) is 0 Å². The van der Waals surface area contributed by atoms with Gasteiger partial charge in [0.2, 0.25) is 0 Å². The molecular weight excluding hydrogens is 362 g/mol. The first kappa shape index (κ1) is 18.3. The quantitative estimate of drug-likeness (QED) is 0.728. The van der Waals surface area contributed by atoms with Gasteiger partial charge in [0.05, 0.1) is 25.3 Å². The monoisotopic (exact) mass is 389 g/mol. The van der Waals surface area contributed by atoms with E-state index >= 15 is 0 Å². The molecule has 0 aliphatic carbocycles. The van der Waals surface area contributed by atoms with Crippen LogP contribution in [-0.2, 0) is 24.8 Å². The van der Waals surface area contributed by atoms with Crippen molar-refractivity contribution in [2.75, 3.05) is 38.2 Å². The molecule has 1 N–H and O–H groups in total. The smallest absolute Gasteiger partial charge is 0.152 e. The highest BCUT2D eigenvalue weighted by atomic mass is 16.5. The van der Waals surface area contributed by atoms with Crippen LogP contribution in [0, 0.1) is 0 Å². The molecule has 0 amide bonds. The maximum absolute atomic E-state index is 5.44. The van der Waals surface area contributed by atoms with Crippen LogP contribution in [0.5, 0.6) is 0 Å². The molecule has 4 heterocycles. The van der Waals surface area contributed by atoms with E-state index in [1.165, 1.54) is 28.5 Å². The maximum Gasteiger partial charge on any atom is 0.152 e. The highest BCUT2D eigenvalue weighted by Gasteiger charge is 2.17. The van der Waals surface area contributed by atoms with Gasteiger partial charge in [-0.05, 0) is 43.1 Å². The third kappa shape index (κ3) is 3.78. The van der Waals surface area contributed by atoms with Crippen molar-refractivity contribution in [3.8, 4) is 0 Å². The molecule has 6 heteroatoms. The molecule has 0 saturated carbocycles. The molecule has 6 nitrogen and oxygen atoms in total. The highest BCUT2D eigenvalue weighted by molar-refractivity contribution is 6.09. The van der Waals surface area contributed by atoms with Crippen LogP contribution in [-0.4, -0.2) is 53.1 Å². The summed E-state index contributed by atoms with van der Waals surface area (Å²) in [6.07, 6.45) is 6.38. The fourth-order valence-corrected chi connectivity index (χ4v) is 4.32. The van der Waals surface area contributed by atoms with Gasteiger partial charge in [0.25, 0.3) is 0 Å². The Morgan fingerprint density at radius 1 is 1.17 bits per heavy atom. The van der Waals surface area contributed by atoms with Crippen LogP contribution < -0.4 is 5.32 Å². The van der Waals surface area contributed by atoms with E-state index in [1.54, 1.807) is 0 Å². The fourth-order valence-electron chi connectivity index (χ4n) is 4.32. The average Bonchev–Trinajstić information content (AvgIpc) is 3.30. The molecule has 0 unspecified atom stereocenters. The Morgan fingerprint density at radius 3 is 2.97 bits per heavy atom. The van der Waals surface area contributed by atoms with Crippen molar-refractivity contribution in [3.63, 3.8) is 0 Å². The third-order valence-electron chi connectivity index (χ3n) is 5.88. The van der Waals surface area contributed by atoms with Crippen LogP contribution in [0.4, 0.5) is 5.69 Å². The molecule has 0 spiro atoms. The summed E-state index contributed by atoms with van der Waals surface area (Å²) in [5.41, 5.74) is 5.86. The number of pyridine rings is 1. The maximum atomic E-state index is 5.44. The standard InChI is InChI=1S/C23H27N5O/c1-27-16-18(5-3-9-28-10-12-29-13-11-28)20-7-6-19(14-21(20)27)26-23-22-17(15-25-23)4-2-8-24-22/h2,4,6-8,14,16H,3,5,9-13,15H2,1H3,(H,25,26). The second-order valence-corrected chi connectivity index (χ2v) is 7.86. The predicted molar refractivity (Wildman–Crippen MR) is 117 cm³/mol. The molecule has 0 radical (unpaired) electrons. The molecule has 1 aromatic carbocycles. The largest absolute Gasteiger partial charge is 0.379 e. The van der Waals surface area contributed by atoms with E-state index in [0.29, 0.717) is 6.54 Å². The van der Waals surface area contributed by atoms with Crippen LogP contribution in [0.15, 0.2) is 47.7 Å². The van der Waals surface area contributed by atoms with Gasteiger partial charge in [0.15, 0.2) is 5.84 Å². The van der Waals surface area contributed by atoms with E-state index < -0.39 is 0 Å². The second-order valence-electron chi connectivity index (χ2n) is 7.86. The first-order valence-corrected chi connectivity index (χ1v) is 10.4. The molecule has 150 valence electrons. The number of aliphatic imine (C=N–C) groups is 1. The molecule has 2 aliphatic rings. The molecule has 2 aliphatic heterocycles. The van der Waals surface area contributed by atoms with Gasteiger partial charge in [0.1, 0.15) is 5.69 Å². The number of nitrogens with one attached hydrogen (secondary N) is 1. The Balaban J connectivity index is 1.29.